The molecule has 0 amide bonds. The zero-order valence-corrected chi connectivity index (χ0v) is 9.43. The van der Waals surface area contributed by atoms with Gasteiger partial charge in [-0.15, -0.1) is 0 Å². The Balaban J connectivity index is 0.000000810. The van der Waals surface area contributed by atoms with Gasteiger partial charge in [-0.3, -0.25) is 0 Å². The van der Waals surface area contributed by atoms with Crippen molar-refractivity contribution in [2.24, 2.45) is 0 Å². The van der Waals surface area contributed by atoms with Crippen molar-refractivity contribution >= 4 is 0 Å². The maximum absolute atomic E-state index is 4.05. The van der Waals surface area contributed by atoms with Gasteiger partial charge in [0.15, 0.2) is 0 Å². The molecule has 1 nitrogen and oxygen atoms in total. The Labute approximate surface area is 74.6 Å². The van der Waals surface area contributed by atoms with Crippen LogP contribution in [-0.4, -0.2) is 4.98 Å². The van der Waals surface area contributed by atoms with Crippen molar-refractivity contribution in [3.63, 3.8) is 0 Å². The van der Waals surface area contributed by atoms with Crippen molar-refractivity contribution in [1.82, 2.24) is 4.98 Å². The van der Waals surface area contributed by atoms with Crippen LogP contribution in [0.3, 0.4) is 0 Å². The van der Waals surface area contributed by atoms with Gasteiger partial charge in [0.1, 0.15) is 0 Å². The molecular formula is C8H10NZn-. The fraction of sp³-hybridized carbons (Fsp3) is 0.375. The van der Waals surface area contributed by atoms with Crippen LogP contribution in [0.25, 0.3) is 0 Å². The molecule has 0 spiro atoms. The van der Waals surface area contributed by atoms with Gasteiger partial charge < -0.3 is 4.98 Å². The average Bonchev–Trinajstić information content (AvgIpc) is 1.90. The van der Waals surface area contributed by atoms with Crippen molar-refractivity contribution in [2.45, 2.75) is 19.8 Å². The van der Waals surface area contributed by atoms with Crippen LogP contribution in [-0.2, 0) is 19.5 Å². The fourth-order valence-corrected chi connectivity index (χ4v) is 0.660. The molecule has 0 bridgehead atoms. The molecule has 1 heterocycles. The summed E-state index contributed by atoms with van der Waals surface area (Å²) in [6.45, 7) is 4.24. The third kappa shape index (κ3) is 2.57. The number of pyridine rings is 1. The molecule has 0 N–H and O–H groups in total. The Bertz CT molecular complexity index is 172. The Morgan fingerprint density at radius 1 is 1.50 bits per heavy atom. The molecular weight excluding hydrogens is 175 g/mol. The molecule has 0 fully saturated rings. The van der Waals surface area contributed by atoms with E-state index in [1.807, 2.05) is 18.2 Å². The van der Waals surface area contributed by atoms with E-state index in [9.17, 15) is 0 Å². The largest absolute Gasteiger partial charge is 0.391 e. The second-order valence-corrected chi connectivity index (χ2v) is 2.35. The first-order valence-corrected chi connectivity index (χ1v) is 3.13. The Morgan fingerprint density at radius 2 is 2.20 bits per heavy atom. The van der Waals surface area contributed by atoms with E-state index in [1.165, 1.54) is 0 Å². The van der Waals surface area contributed by atoms with Gasteiger partial charge in [-0.05, 0) is 0 Å². The van der Waals surface area contributed by atoms with E-state index < -0.39 is 0 Å². The standard InChI is InChI=1S/C8H10N.Zn/c1-7(2)8-5-3-4-6-9-8;/h3-5,7H,1-2H3;/q-1;. The van der Waals surface area contributed by atoms with E-state index in [4.69, 9.17) is 0 Å². The predicted octanol–water partition coefficient (Wildman–Crippen LogP) is 2.00. The summed E-state index contributed by atoms with van der Waals surface area (Å²) in [6, 6.07) is 5.79. The van der Waals surface area contributed by atoms with E-state index in [2.05, 4.69) is 25.0 Å². The van der Waals surface area contributed by atoms with Gasteiger partial charge in [0, 0.05) is 19.5 Å². The van der Waals surface area contributed by atoms with E-state index in [1.54, 1.807) is 0 Å². The molecule has 10 heavy (non-hydrogen) atoms. The first-order chi connectivity index (χ1) is 4.30. The Kier molecular flexibility index (Phi) is 4.46. The van der Waals surface area contributed by atoms with Gasteiger partial charge in [-0.1, -0.05) is 31.7 Å². The maximum Gasteiger partial charge on any atom is 0 e. The Morgan fingerprint density at radius 3 is 2.50 bits per heavy atom. The summed E-state index contributed by atoms with van der Waals surface area (Å²) in [5, 5.41) is 0. The zero-order chi connectivity index (χ0) is 6.69. The molecule has 1 aromatic heterocycles. The molecule has 0 saturated carbocycles. The second-order valence-electron chi connectivity index (χ2n) is 2.35. The summed E-state index contributed by atoms with van der Waals surface area (Å²) in [4.78, 5) is 4.05. The molecule has 0 aliphatic heterocycles. The minimum Gasteiger partial charge on any atom is -0.391 e. The minimum absolute atomic E-state index is 0. The summed E-state index contributed by atoms with van der Waals surface area (Å²) in [7, 11) is 0. The molecule has 2 heteroatoms. The van der Waals surface area contributed by atoms with Gasteiger partial charge in [0.2, 0.25) is 0 Å². The Hall–Kier alpha value is -0.227. The molecule has 0 radical (unpaired) electrons. The van der Waals surface area contributed by atoms with Crippen molar-refractivity contribution in [2.75, 3.05) is 0 Å². The minimum atomic E-state index is 0. The number of aromatic nitrogens is 1. The molecule has 0 atom stereocenters. The topological polar surface area (TPSA) is 12.9 Å². The average molecular weight is 186 g/mol. The summed E-state index contributed by atoms with van der Waals surface area (Å²) >= 11 is 0. The van der Waals surface area contributed by atoms with Crippen molar-refractivity contribution in [3.8, 4) is 0 Å². The third-order valence-corrected chi connectivity index (χ3v) is 1.22. The molecule has 0 aliphatic rings. The maximum atomic E-state index is 4.05. The number of hydrogen-bond donors (Lipinski definition) is 0. The first kappa shape index (κ1) is 9.77. The normalized spacial score (nSPS) is 9.10. The van der Waals surface area contributed by atoms with Crippen LogP contribution in [0.15, 0.2) is 18.2 Å². The molecule has 50 valence electrons. The smallest absolute Gasteiger partial charge is 0 e. The first-order valence-electron chi connectivity index (χ1n) is 3.13. The van der Waals surface area contributed by atoms with Crippen molar-refractivity contribution in [3.05, 3.63) is 30.1 Å². The number of hydrogen-bond acceptors (Lipinski definition) is 1. The van der Waals surface area contributed by atoms with E-state index >= 15 is 0 Å². The van der Waals surface area contributed by atoms with Crippen LogP contribution in [0.5, 0.6) is 0 Å². The molecule has 1 aromatic rings. The summed E-state index contributed by atoms with van der Waals surface area (Å²) in [6.07, 6.45) is 2.79. The monoisotopic (exact) mass is 184 g/mol. The molecule has 0 aliphatic carbocycles. The molecule has 0 unspecified atom stereocenters. The molecule has 1 rings (SSSR count). The van der Waals surface area contributed by atoms with E-state index in [0.29, 0.717) is 5.92 Å². The summed E-state index contributed by atoms with van der Waals surface area (Å²) in [5.74, 6) is 0.516. The van der Waals surface area contributed by atoms with Gasteiger partial charge in [-0.2, -0.15) is 18.2 Å². The third-order valence-electron chi connectivity index (χ3n) is 1.22. The van der Waals surface area contributed by atoms with Crippen LogP contribution < -0.4 is 0 Å². The number of nitrogens with zero attached hydrogens (tertiary/aromatic N) is 1. The molecule has 0 aromatic carbocycles. The van der Waals surface area contributed by atoms with Gasteiger partial charge in [0.05, 0.1) is 0 Å². The SMILES string of the molecule is CC(C)c1ccc[c-]n1.[Zn]. The predicted molar refractivity (Wildman–Crippen MR) is 37.2 cm³/mol. The van der Waals surface area contributed by atoms with Gasteiger partial charge >= 0.3 is 0 Å². The number of rotatable bonds is 1. The summed E-state index contributed by atoms with van der Waals surface area (Å²) < 4.78 is 0. The van der Waals surface area contributed by atoms with Crippen LogP contribution in [0.2, 0.25) is 0 Å². The summed E-state index contributed by atoms with van der Waals surface area (Å²) in [5.41, 5.74) is 1.11. The van der Waals surface area contributed by atoms with Crippen molar-refractivity contribution in [1.29, 1.82) is 0 Å². The van der Waals surface area contributed by atoms with Crippen molar-refractivity contribution < 1.29 is 19.5 Å². The second kappa shape index (κ2) is 4.57. The van der Waals surface area contributed by atoms with E-state index in [-0.39, 0.29) is 19.5 Å². The zero-order valence-electron chi connectivity index (χ0n) is 6.46. The fourth-order valence-electron chi connectivity index (χ4n) is 0.660. The van der Waals surface area contributed by atoms with Crippen LogP contribution in [0, 0.1) is 6.20 Å². The van der Waals surface area contributed by atoms with Crippen LogP contribution >= 0.6 is 0 Å². The molecule has 0 saturated heterocycles. The van der Waals surface area contributed by atoms with Crippen LogP contribution in [0.1, 0.15) is 25.5 Å². The van der Waals surface area contributed by atoms with Crippen LogP contribution in [0.4, 0.5) is 0 Å². The van der Waals surface area contributed by atoms with E-state index in [0.717, 1.165) is 5.69 Å². The quantitative estimate of drug-likeness (QED) is 0.482. The van der Waals surface area contributed by atoms with Gasteiger partial charge in [0.25, 0.3) is 0 Å². The van der Waals surface area contributed by atoms with Gasteiger partial charge in [-0.25, -0.2) is 0 Å².